The average Bonchev–Trinajstić information content (AvgIpc) is 3.01. The van der Waals surface area contributed by atoms with Gasteiger partial charge in [0.15, 0.2) is 0 Å². The van der Waals surface area contributed by atoms with Crippen LogP contribution in [0.2, 0.25) is 0 Å². The molecule has 8 heteroatoms. The van der Waals surface area contributed by atoms with E-state index in [0.717, 1.165) is 43.4 Å². The van der Waals surface area contributed by atoms with Gasteiger partial charge in [-0.1, -0.05) is 11.6 Å². The summed E-state index contributed by atoms with van der Waals surface area (Å²) in [5.74, 6) is 0.300. The Balaban J connectivity index is 1.68. The first kappa shape index (κ1) is 16.6. The molecule has 0 aromatic carbocycles. The van der Waals surface area contributed by atoms with Crippen LogP contribution < -0.4 is 5.56 Å². The molecule has 0 aliphatic heterocycles. The van der Waals surface area contributed by atoms with Gasteiger partial charge >= 0.3 is 0 Å². The maximum absolute atomic E-state index is 12.6. The minimum atomic E-state index is -2.64. The second-order valence-corrected chi connectivity index (χ2v) is 6.27. The molecule has 0 fully saturated rings. The fraction of sp³-hybridized carbons (Fsp3) is 0.333. The van der Waals surface area contributed by atoms with Crippen LogP contribution in [0, 0.1) is 0 Å². The molecule has 26 heavy (non-hydrogen) atoms. The lowest BCUT2D eigenvalue weighted by molar-refractivity contribution is 0.146. The number of aryl methyl sites for hydroxylation is 2. The zero-order valence-corrected chi connectivity index (χ0v) is 13.8. The van der Waals surface area contributed by atoms with Gasteiger partial charge in [-0.3, -0.25) is 9.78 Å². The predicted molar refractivity (Wildman–Crippen MR) is 89.8 cm³/mol. The molecule has 3 aromatic rings. The van der Waals surface area contributed by atoms with Gasteiger partial charge in [0.1, 0.15) is 11.3 Å². The Kier molecular flexibility index (Phi) is 4.32. The van der Waals surface area contributed by atoms with E-state index in [4.69, 9.17) is 4.52 Å². The molecule has 0 bridgehead atoms. The van der Waals surface area contributed by atoms with Crippen molar-refractivity contribution in [2.75, 3.05) is 0 Å². The van der Waals surface area contributed by atoms with E-state index < -0.39 is 6.43 Å². The first-order valence-electron chi connectivity index (χ1n) is 8.45. The molecule has 134 valence electrons. The van der Waals surface area contributed by atoms with Crippen LogP contribution in [0.4, 0.5) is 8.78 Å². The van der Waals surface area contributed by atoms with Crippen LogP contribution in [-0.2, 0) is 12.8 Å². The summed E-state index contributed by atoms with van der Waals surface area (Å²) in [5, 5.41) is 3.84. The van der Waals surface area contributed by atoms with Gasteiger partial charge in [0.2, 0.25) is 5.82 Å². The number of H-pyrrole nitrogens is 1. The van der Waals surface area contributed by atoms with E-state index in [0.29, 0.717) is 11.1 Å². The molecule has 0 atom stereocenters. The van der Waals surface area contributed by atoms with E-state index in [2.05, 4.69) is 20.1 Å². The number of aromatic nitrogens is 4. The van der Waals surface area contributed by atoms with Gasteiger partial charge in [-0.15, -0.1) is 0 Å². The topological polar surface area (TPSA) is 84.7 Å². The summed E-state index contributed by atoms with van der Waals surface area (Å²) in [6, 6.07) is 4.48. The van der Waals surface area contributed by atoms with Crippen LogP contribution in [0.5, 0.6) is 0 Å². The fourth-order valence-electron chi connectivity index (χ4n) is 3.13. The summed E-state index contributed by atoms with van der Waals surface area (Å²) in [6.07, 6.45) is 3.67. The second-order valence-electron chi connectivity index (χ2n) is 6.27. The van der Waals surface area contributed by atoms with E-state index in [1.165, 1.54) is 18.3 Å². The Bertz CT molecular complexity index is 980. The van der Waals surface area contributed by atoms with E-state index in [1.807, 2.05) is 6.07 Å². The Labute approximate surface area is 147 Å². The molecule has 0 amide bonds. The normalized spacial score (nSPS) is 14.3. The monoisotopic (exact) mass is 358 g/mol. The summed E-state index contributed by atoms with van der Waals surface area (Å²) in [6.45, 7) is 0. The standard InChI is InChI=1S/C18H16F2N4O2/c19-15(20)14-7-6-11(9-21-14)16-23-18(26-24-16)12-8-10-4-2-1-3-5-13(10)22-17(12)25/h6-9,15H,1-5H2,(H,22,25). The lowest BCUT2D eigenvalue weighted by Crippen LogP contribution is -2.14. The van der Waals surface area contributed by atoms with Crippen molar-refractivity contribution in [3.63, 3.8) is 0 Å². The number of alkyl halides is 2. The van der Waals surface area contributed by atoms with Crippen LogP contribution in [0.15, 0.2) is 33.7 Å². The van der Waals surface area contributed by atoms with Crippen molar-refractivity contribution in [3.05, 3.63) is 51.7 Å². The molecular formula is C18H16F2N4O2. The number of halogens is 2. The highest BCUT2D eigenvalue weighted by atomic mass is 19.3. The molecule has 4 rings (SSSR count). The predicted octanol–water partition coefficient (Wildman–Crippen LogP) is 3.69. The Morgan fingerprint density at radius 2 is 2.00 bits per heavy atom. The summed E-state index contributed by atoms with van der Waals surface area (Å²) in [4.78, 5) is 23.2. The van der Waals surface area contributed by atoms with E-state index in [1.54, 1.807) is 0 Å². The number of hydrogen-bond acceptors (Lipinski definition) is 5. The SMILES string of the molecule is O=c1[nH]c2c(cc1-c1nc(-c3ccc(C(F)F)nc3)no1)CCCCC2. The number of fused-ring (bicyclic) bond motifs is 1. The third kappa shape index (κ3) is 3.14. The summed E-state index contributed by atoms with van der Waals surface area (Å²) in [5.41, 5.74) is 2.24. The number of aromatic amines is 1. The van der Waals surface area contributed by atoms with Crippen molar-refractivity contribution < 1.29 is 13.3 Å². The largest absolute Gasteiger partial charge is 0.333 e. The molecule has 1 aliphatic rings. The van der Waals surface area contributed by atoms with Gasteiger partial charge in [0.25, 0.3) is 17.9 Å². The Morgan fingerprint density at radius 3 is 2.77 bits per heavy atom. The van der Waals surface area contributed by atoms with Crippen molar-refractivity contribution in [3.8, 4) is 22.8 Å². The third-order valence-electron chi connectivity index (χ3n) is 4.51. The Hall–Kier alpha value is -2.90. The van der Waals surface area contributed by atoms with Crippen LogP contribution >= 0.6 is 0 Å². The highest BCUT2D eigenvalue weighted by molar-refractivity contribution is 5.59. The van der Waals surface area contributed by atoms with Crippen molar-refractivity contribution in [1.82, 2.24) is 20.1 Å². The smallest absolute Gasteiger partial charge is 0.280 e. The van der Waals surface area contributed by atoms with Crippen molar-refractivity contribution >= 4 is 0 Å². The molecule has 6 nitrogen and oxygen atoms in total. The van der Waals surface area contributed by atoms with Gasteiger partial charge in [0.05, 0.1) is 0 Å². The maximum Gasteiger partial charge on any atom is 0.280 e. The van der Waals surface area contributed by atoms with Crippen LogP contribution in [0.3, 0.4) is 0 Å². The quantitative estimate of drug-likeness (QED) is 0.722. The molecular weight excluding hydrogens is 342 g/mol. The molecule has 0 radical (unpaired) electrons. The summed E-state index contributed by atoms with van der Waals surface area (Å²) in [7, 11) is 0. The van der Waals surface area contributed by atoms with Gasteiger partial charge in [-0.2, -0.15) is 4.98 Å². The summed E-state index contributed by atoms with van der Waals surface area (Å²) >= 11 is 0. The van der Waals surface area contributed by atoms with E-state index in [-0.39, 0.29) is 23.0 Å². The first-order valence-corrected chi connectivity index (χ1v) is 8.45. The second kappa shape index (κ2) is 6.78. The summed E-state index contributed by atoms with van der Waals surface area (Å²) < 4.78 is 30.4. The number of nitrogens with one attached hydrogen (secondary N) is 1. The minimum Gasteiger partial charge on any atom is -0.333 e. The maximum atomic E-state index is 12.6. The van der Waals surface area contributed by atoms with E-state index >= 15 is 0 Å². The Morgan fingerprint density at radius 1 is 1.15 bits per heavy atom. The van der Waals surface area contributed by atoms with Crippen molar-refractivity contribution in [1.29, 1.82) is 0 Å². The molecule has 0 saturated carbocycles. The zero-order chi connectivity index (χ0) is 18.1. The highest BCUT2D eigenvalue weighted by Gasteiger charge is 2.18. The number of pyridine rings is 2. The van der Waals surface area contributed by atoms with Crippen LogP contribution in [0.25, 0.3) is 22.8 Å². The van der Waals surface area contributed by atoms with Crippen LogP contribution in [-0.4, -0.2) is 20.1 Å². The molecule has 1 aliphatic carbocycles. The molecule has 0 spiro atoms. The molecule has 0 unspecified atom stereocenters. The van der Waals surface area contributed by atoms with Gasteiger partial charge in [0, 0.05) is 17.5 Å². The fourth-order valence-corrected chi connectivity index (χ4v) is 3.13. The number of nitrogens with zero attached hydrogens (tertiary/aromatic N) is 3. The van der Waals surface area contributed by atoms with Gasteiger partial charge in [-0.05, 0) is 49.4 Å². The van der Waals surface area contributed by atoms with Gasteiger partial charge in [-0.25, -0.2) is 8.78 Å². The molecule has 3 aromatic heterocycles. The van der Waals surface area contributed by atoms with Gasteiger partial charge < -0.3 is 9.51 Å². The van der Waals surface area contributed by atoms with Crippen LogP contribution in [0.1, 0.15) is 42.6 Å². The molecule has 0 saturated heterocycles. The number of rotatable bonds is 3. The van der Waals surface area contributed by atoms with Crippen molar-refractivity contribution in [2.45, 2.75) is 38.5 Å². The third-order valence-corrected chi connectivity index (χ3v) is 4.51. The average molecular weight is 358 g/mol. The molecule has 1 N–H and O–H groups in total. The number of hydrogen-bond donors (Lipinski definition) is 1. The zero-order valence-electron chi connectivity index (χ0n) is 13.8. The lowest BCUT2D eigenvalue weighted by Gasteiger charge is -2.06. The van der Waals surface area contributed by atoms with Crippen molar-refractivity contribution in [2.24, 2.45) is 0 Å². The minimum absolute atomic E-state index is 0.103. The molecule has 3 heterocycles. The first-order chi connectivity index (χ1) is 12.6. The highest BCUT2D eigenvalue weighted by Crippen LogP contribution is 2.25. The van der Waals surface area contributed by atoms with E-state index in [9.17, 15) is 13.6 Å². The lowest BCUT2D eigenvalue weighted by atomic mass is 10.1.